The molecule has 0 saturated carbocycles. The van der Waals surface area contributed by atoms with Gasteiger partial charge in [-0.15, -0.1) is 11.8 Å². The highest BCUT2D eigenvalue weighted by Crippen LogP contribution is 2.37. The van der Waals surface area contributed by atoms with E-state index in [4.69, 9.17) is 27.9 Å². The number of rotatable bonds is 9. The summed E-state index contributed by atoms with van der Waals surface area (Å²) >= 11 is 13.5. The predicted octanol–water partition coefficient (Wildman–Crippen LogP) is 8.12. The van der Waals surface area contributed by atoms with E-state index in [1.54, 1.807) is 24.3 Å². The third-order valence-electron chi connectivity index (χ3n) is 5.32. The van der Waals surface area contributed by atoms with E-state index in [9.17, 15) is 9.59 Å². The molecule has 0 aliphatic heterocycles. The van der Waals surface area contributed by atoms with Crippen molar-refractivity contribution in [1.29, 1.82) is 0 Å². The smallest absolute Gasteiger partial charge is 0.257 e. The Labute approximate surface area is 230 Å². The van der Waals surface area contributed by atoms with Gasteiger partial charge in [0.15, 0.2) is 0 Å². The first-order chi connectivity index (χ1) is 17.9. The van der Waals surface area contributed by atoms with E-state index in [1.165, 1.54) is 17.8 Å². The van der Waals surface area contributed by atoms with E-state index in [1.807, 2.05) is 73.7 Å². The monoisotopic (exact) mass is 550 g/mol. The molecule has 0 heterocycles. The van der Waals surface area contributed by atoms with Gasteiger partial charge in [0.1, 0.15) is 11.0 Å². The number of amides is 2. The van der Waals surface area contributed by atoms with Crippen molar-refractivity contribution in [2.75, 3.05) is 17.2 Å². The van der Waals surface area contributed by atoms with Gasteiger partial charge in [0.2, 0.25) is 5.91 Å². The Hall–Kier alpha value is -3.45. The molecule has 0 aliphatic rings. The minimum Gasteiger partial charge on any atom is -0.494 e. The molecule has 2 N–H and O–H groups in total. The summed E-state index contributed by atoms with van der Waals surface area (Å²) in [6.07, 6.45) is 0. The van der Waals surface area contributed by atoms with Crippen molar-refractivity contribution >= 4 is 58.2 Å². The van der Waals surface area contributed by atoms with Crippen LogP contribution < -0.4 is 15.4 Å². The molecule has 0 aromatic heterocycles. The molecule has 0 radical (unpaired) electrons. The SMILES string of the molecule is CCOc1ccc(NC(=O)C(Sc2ccc(NC(=O)c3ccc(Cl)cc3Cl)cc2)c2ccccc2)cc1. The van der Waals surface area contributed by atoms with Crippen LogP contribution >= 0.6 is 35.0 Å². The third kappa shape index (κ3) is 7.29. The topological polar surface area (TPSA) is 67.4 Å². The number of hydrogen-bond acceptors (Lipinski definition) is 4. The zero-order valence-corrected chi connectivity index (χ0v) is 22.2. The molecular formula is C29H24Cl2N2O3S. The number of benzene rings is 4. The fourth-order valence-electron chi connectivity index (χ4n) is 3.53. The quantitative estimate of drug-likeness (QED) is 0.206. The van der Waals surface area contributed by atoms with Gasteiger partial charge in [-0.3, -0.25) is 9.59 Å². The second-order valence-electron chi connectivity index (χ2n) is 7.96. The molecule has 0 aliphatic carbocycles. The van der Waals surface area contributed by atoms with Gasteiger partial charge >= 0.3 is 0 Å². The summed E-state index contributed by atoms with van der Waals surface area (Å²) in [5.41, 5.74) is 2.51. The zero-order valence-electron chi connectivity index (χ0n) is 19.9. The number of carbonyl (C=O) groups excluding carboxylic acids is 2. The van der Waals surface area contributed by atoms with E-state index in [-0.39, 0.29) is 16.8 Å². The van der Waals surface area contributed by atoms with Crippen LogP contribution in [0.3, 0.4) is 0 Å². The van der Waals surface area contributed by atoms with E-state index < -0.39 is 5.25 Å². The maximum Gasteiger partial charge on any atom is 0.257 e. The summed E-state index contributed by atoms with van der Waals surface area (Å²) in [7, 11) is 0. The van der Waals surface area contributed by atoms with Gasteiger partial charge in [-0.25, -0.2) is 0 Å². The standard InChI is InChI=1S/C29H24Cl2N2O3S/c1-2-36-23-13-9-21(10-14-23)33-29(35)27(19-6-4-3-5-7-19)37-24-15-11-22(12-16-24)32-28(34)25-17-8-20(30)18-26(25)31/h3-18,27H,2H2,1H3,(H,32,34)(H,33,35). The number of thioether (sulfide) groups is 1. The Morgan fingerprint density at radius 3 is 2.14 bits per heavy atom. The van der Waals surface area contributed by atoms with Crippen molar-refractivity contribution in [3.63, 3.8) is 0 Å². The molecule has 4 rings (SSSR count). The molecule has 188 valence electrons. The first kappa shape index (κ1) is 26.6. The zero-order chi connectivity index (χ0) is 26.2. The Morgan fingerprint density at radius 1 is 0.838 bits per heavy atom. The van der Waals surface area contributed by atoms with Crippen LogP contribution in [0.1, 0.15) is 28.1 Å². The molecular weight excluding hydrogens is 527 g/mol. The van der Waals surface area contributed by atoms with E-state index >= 15 is 0 Å². The Balaban J connectivity index is 1.47. The predicted molar refractivity (Wildman–Crippen MR) is 152 cm³/mol. The molecule has 1 atom stereocenters. The van der Waals surface area contributed by atoms with Crippen molar-refractivity contribution in [2.24, 2.45) is 0 Å². The lowest BCUT2D eigenvalue weighted by Crippen LogP contribution is -2.19. The molecule has 0 spiro atoms. The van der Waals surface area contributed by atoms with Crippen molar-refractivity contribution in [2.45, 2.75) is 17.1 Å². The van der Waals surface area contributed by atoms with E-state index in [0.29, 0.717) is 28.6 Å². The van der Waals surface area contributed by atoms with Crippen LogP contribution in [0.25, 0.3) is 0 Å². The van der Waals surface area contributed by atoms with Crippen LogP contribution in [0.2, 0.25) is 10.0 Å². The number of anilines is 2. The van der Waals surface area contributed by atoms with Crippen LogP contribution in [-0.2, 0) is 4.79 Å². The van der Waals surface area contributed by atoms with Crippen molar-refractivity contribution in [3.05, 3.63) is 118 Å². The summed E-state index contributed by atoms with van der Waals surface area (Å²) in [5, 5.41) is 6.09. The molecule has 37 heavy (non-hydrogen) atoms. The molecule has 4 aromatic rings. The van der Waals surface area contributed by atoms with Crippen LogP contribution in [0, 0.1) is 0 Å². The minimum atomic E-state index is -0.485. The van der Waals surface area contributed by atoms with E-state index in [0.717, 1.165) is 16.2 Å². The fraction of sp³-hybridized carbons (Fsp3) is 0.103. The molecule has 2 amide bonds. The Morgan fingerprint density at radius 2 is 1.49 bits per heavy atom. The average Bonchev–Trinajstić information content (AvgIpc) is 2.90. The highest BCUT2D eigenvalue weighted by atomic mass is 35.5. The number of halogens is 2. The second-order valence-corrected chi connectivity index (χ2v) is 9.98. The highest BCUT2D eigenvalue weighted by molar-refractivity contribution is 8.00. The van der Waals surface area contributed by atoms with Crippen molar-refractivity contribution in [1.82, 2.24) is 0 Å². The maximum atomic E-state index is 13.3. The van der Waals surface area contributed by atoms with Crippen LogP contribution in [0.5, 0.6) is 5.75 Å². The molecule has 0 bridgehead atoms. The van der Waals surface area contributed by atoms with Gasteiger partial charge in [-0.1, -0.05) is 53.5 Å². The molecule has 4 aromatic carbocycles. The summed E-state index contributed by atoms with van der Waals surface area (Å²) < 4.78 is 5.48. The number of hydrogen-bond donors (Lipinski definition) is 2. The average molecular weight is 551 g/mol. The fourth-order valence-corrected chi connectivity index (χ4v) is 5.05. The van der Waals surface area contributed by atoms with Gasteiger partial charge in [0.05, 0.1) is 17.2 Å². The largest absolute Gasteiger partial charge is 0.494 e. The second kappa shape index (κ2) is 12.7. The maximum absolute atomic E-state index is 13.3. The Bertz CT molecular complexity index is 1360. The lowest BCUT2D eigenvalue weighted by atomic mass is 10.1. The third-order valence-corrected chi connectivity index (χ3v) is 7.13. The Kier molecular flexibility index (Phi) is 9.12. The summed E-state index contributed by atoms with van der Waals surface area (Å²) in [5.74, 6) is 0.272. The van der Waals surface area contributed by atoms with Crippen LogP contribution in [0.15, 0.2) is 102 Å². The van der Waals surface area contributed by atoms with Crippen molar-refractivity contribution in [3.8, 4) is 5.75 Å². The minimum absolute atomic E-state index is 0.143. The number of carbonyl (C=O) groups is 2. The summed E-state index contributed by atoms with van der Waals surface area (Å²) in [4.78, 5) is 26.8. The lowest BCUT2D eigenvalue weighted by molar-refractivity contribution is -0.115. The number of nitrogens with one attached hydrogen (secondary N) is 2. The van der Waals surface area contributed by atoms with Gasteiger partial charge in [0.25, 0.3) is 5.91 Å². The van der Waals surface area contributed by atoms with Gasteiger partial charge < -0.3 is 15.4 Å². The molecule has 1 unspecified atom stereocenters. The van der Waals surface area contributed by atoms with Gasteiger partial charge in [-0.2, -0.15) is 0 Å². The van der Waals surface area contributed by atoms with Gasteiger partial charge in [0, 0.05) is 21.3 Å². The molecule has 0 fully saturated rings. The first-order valence-corrected chi connectivity index (χ1v) is 13.2. The van der Waals surface area contributed by atoms with Crippen LogP contribution in [-0.4, -0.2) is 18.4 Å². The summed E-state index contributed by atoms with van der Waals surface area (Å²) in [6, 6.07) is 28.9. The van der Waals surface area contributed by atoms with Gasteiger partial charge in [-0.05, 0) is 79.2 Å². The van der Waals surface area contributed by atoms with E-state index in [2.05, 4.69) is 10.6 Å². The first-order valence-electron chi connectivity index (χ1n) is 11.5. The normalized spacial score (nSPS) is 11.4. The van der Waals surface area contributed by atoms with Crippen LogP contribution in [0.4, 0.5) is 11.4 Å². The number of ether oxygens (including phenoxy) is 1. The summed E-state index contributed by atoms with van der Waals surface area (Å²) in [6.45, 7) is 2.50. The molecule has 8 heteroatoms. The molecule has 5 nitrogen and oxygen atoms in total. The molecule has 0 saturated heterocycles. The highest BCUT2D eigenvalue weighted by Gasteiger charge is 2.22. The van der Waals surface area contributed by atoms with Crippen molar-refractivity contribution < 1.29 is 14.3 Å². The lowest BCUT2D eigenvalue weighted by Gasteiger charge is -2.17.